The number of carbonyl (C=O) groups excluding carboxylic acids is 1. The fourth-order valence-electron chi connectivity index (χ4n) is 0.596. The van der Waals surface area contributed by atoms with Crippen molar-refractivity contribution in [2.45, 2.75) is 13.3 Å². The Hall–Kier alpha value is -0.280. The van der Waals surface area contributed by atoms with Crippen molar-refractivity contribution in [1.29, 1.82) is 0 Å². The number of hydrogen-bond donors (Lipinski definition) is 1. The first-order valence-electron chi connectivity index (χ1n) is 3.04. The van der Waals surface area contributed by atoms with Crippen LogP contribution in [0.15, 0.2) is 0 Å². The van der Waals surface area contributed by atoms with Gasteiger partial charge in [-0.05, 0) is 6.42 Å². The first kappa shape index (κ1) is 12.4. The molecule has 0 aromatic carbocycles. The van der Waals surface area contributed by atoms with Crippen LogP contribution in [-0.2, 0) is 9.53 Å². The Balaban J connectivity index is 0. The van der Waals surface area contributed by atoms with E-state index in [0.717, 1.165) is 6.42 Å². The fourth-order valence-corrected chi connectivity index (χ4v) is 0.596. The molecule has 0 heterocycles. The Morgan fingerprint density at radius 3 is 2.30 bits per heavy atom. The highest BCUT2D eigenvalue weighted by atomic mass is 35.5. The van der Waals surface area contributed by atoms with Crippen LogP contribution in [0.5, 0.6) is 0 Å². The number of halogens is 1. The smallest absolute Gasteiger partial charge is 0.309 e. The second-order valence-electron chi connectivity index (χ2n) is 1.86. The van der Waals surface area contributed by atoms with Gasteiger partial charge in [-0.3, -0.25) is 4.79 Å². The minimum Gasteiger partial charge on any atom is -0.469 e. The van der Waals surface area contributed by atoms with Crippen LogP contribution in [0.4, 0.5) is 0 Å². The van der Waals surface area contributed by atoms with E-state index >= 15 is 0 Å². The summed E-state index contributed by atoms with van der Waals surface area (Å²) < 4.78 is 4.48. The summed E-state index contributed by atoms with van der Waals surface area (Å²) in [5, 5.41) is 0. The van der Waals surface area contributed by atoms with Gasteiger partial charge in [0.05, 0.1) is 13.0 Å². The predicted molar refractivity (Wildman–Crippen MR) is 42.1 cm³/mol. The summed E-state index contributed by atoms with van der Waals surface area (Å²) in [6, 6.07) is 0. The van der Waals surface area contributed by atoms with Crippen LogP contribution in [-0.4, -0.2) is 19.6 Å². The molecule has 0 rings (SSSR count). The number of nitrogens with two attached hydrogens (primary N) is 1. The number of ether oxygens (including phenoxy) is 1. The number of carbonyl (C=O) groups is 1. The molecule has 62 valence electrons. The average molecular weight is 168 g/mol. The minimum atomic E-state index is -0.208. The molecule has 1 atom stereocenters. The van der Waals surface area contributed by atoms with Gasteiger partial charge in [0.15, 0.2) is 0 Å². The first-order valence-corrected chi connectivity index (χ1v) is 3.04. The van der Waals surface area contributed by atoms with Gasteiger partial charge in [-0.15, -0.1) is 12.4 Å². The lowest BCUT2D eigenvalue weighted by Gasteiger charge is -2.07. The van der Waals surface area contributed by atoms with Crippen molar-refractivity contribution in [2.24, 2.45) is 11.7 Å². The molecule has 0 aromatic heterocycles. The molecule has 0 aliphatic rings. The molecular formula is C6H14ClNO2. The Bertz CT molecular complexity index is 93.7. The summed E-state index contributed by atoms with van der Waals surface area (Å²) in [4.78, 5) is 10.7. The van der Waals surface area contributed by atoms with Crippen molar-refractivity contribution >= 4 is 18.4 Å². The van der Waals surface area contributed by atoms with Crippen molar-refractivity contribution in [3.63, 3.8) is 0 Å². The van der Waals surface area contributed by atoms with E-state index in [4.69, 9.17) is 5.73 Å². The Labute approximate surface area is 67.3 Å². The van der Waals surface area contributed by atoms with Crippen molar-refractivity contribution in [1.82, 2.24) is 0 Å². The summed E-state index contributed by atoms with van der Waals surface area (Å²) in [6.45, 7) is 2.29. The van der Waals surface area contributed by atoms with Crippen molar-refractivity contribution in [3.8, 4) is 0 Å². The topological polar surface area (TPSA) is 52.3 Å². The van der Waals surface area contributed by atoms with Crippen molar-refractivity contribution in [2.75, 3.05) is 13.7 Å². The lowest BCUT2D eigenvalue weighted by Crippen LogP contribution is -2.23. The van der Waals surface area contributed by atoms with Gasteiger partial charge in [0.25, 0.3) is 0 Å². The third kappa shape index (κ3) is 3.69. The molecule has 0 bridgehead atoms. The SMILES string of the molecule is CCC(CN)C(=O)OC.Cl. The molecule has 0 saturated heterocycles. The lowest BCUT2D eigenvalue weighted by atomic mass is 10.1. The van der Waals surface area contributed by atoms with E-state index in [1.165, 1.54) is 7.11 Å². The van der Waals surface area contributed by atoms with Crippen LogP contribution in [0.1, 0.15) is 13.3 Å². The highest BCUT2D eigenvalue weighted by molar-refractivity contribution is 5.85. The van der Waals surface area contributed by atoms with Crippen LogP contribution in [0, 0.1) is 5.92 Å². The van der Waals surface area contributed by atoms with Gasteiger partial charge in [0.2, 0.25) is 0 Å². The van der Waals surface area contributed by atoms with Gasteiger partial charge < -0.3 is 10.5 Å². The van der Waals surface area contributed by atoms with Gasteiger partial charge >= 0.3 is 5.97 Å². The van der Waals surface area contributed by atoms with Crippen molar-refractivity contribution < 1.29 is 9.53 Å². The molecule has 0 radical (unpaired) electrons. The molecule has 0 spiro atoms. The maximum atomic E-state index is 10.7. The van der Waals surface area contributed by atoms with Crippen LogP contribution < -0.4 is 5.73 Å². The lowest BCUT2D eigenvalue weighted by molar-refractivity contribution is -0.145. The number of esters is 1. The number of methoxy groups -OCH3 is 1. The molecule has 0 aromatic rings. The number of rotatable bonds is 3. The fraction of sp³-hybridized carbons (Fsp3) is 0.833. The van der Waals surface area contributed by atoms with E-state index in [1.54, 1.807) is 0 Å². The monoisotopic (exact) mass is 167 g/mol. The molecule has 0 fully saturated rings. The van der Waals surface area contributed by atoms with Crippen molar-refractivity contribution in [3.05, 3.63) is 0 Å². The maximum absolute atomic E-state index is 10.7. The predicted octanol–water partition coefficient (Wildman–Crippen LogP) is 0.566. The Morgan fingerprint density at radius 1 is 1.70 bits per heavy atom. The molecule has 0 saturated carbocycles. The van der Waals surface area contributed by atoms with Crippen LogP contribution >= 0.6 is 12.4 Å². The first-order chi connectivity index (χ1) is 4.26. The third-order valence-corrected chi connectivity index (χ3v) is 1.31. The average Bonchev–Trinajstić information content (AvgIpc) is 1.90. The maximum Gasteiger partial charge on any atom is 0.309 e. The van der Waals surface area contributed by atoms with Gasteiger partial charge in [-0.1, -0.05) is 6.92 Å². The summed E-state index contributed by atoms with van der Waals surface area (Å²) in [6.07, 6.45) is 0.753. The zero-order chi connectivity index (χ0) is 7.28. The summed E-state index contributed by atoms with van der Waals surface area (Å²) in [5.74, 6) is -0.324. The molecule has 10 heavy (non-hydrogen) atoms. The number of hydrogen-bond acceptors (Lipinski definition) is 3. The van der Waals surface area contributed by atoms with Crippen LogP contribution in [0.25, 0.3) is 0 Å². The molecule has 0 amide bonds. The molecular weight excluding hydrogens is 154 g/mol. The Kier molecular flexibility index (Phi) is 8.48. The van der Waals surface area contributed by atoms with E-state index in [2.05, 4.69) is 4.74 Å². The van der Waals surface area contributed by atoms with Gasteiger partial charge in [-0.2, -0.15) is 0 Å². The molecule has 2 N–H and O–H groups in total. The van der Waals surface area contributed by atoms with Gasteiger partial charge in [0, 0.05) is 6.54 Å². The molecule has 0 aliphatic carbocycles. The normalized spacial score (nSPS) is 11.5. The summed E-state index contributed by atoms with van der Waals surface area (Å²) >= 11 is 0. The molecule has 4 heteroatoms. The zero-order valence-corrected chi connectivity index (χ0v) is 7.11. The molecule has 1 unspecified atom stereocenters. The second-order valence-corrected chi connectivity index (χ2v) is 1.86. The van der Waals surface area contributed by atoms with Gasteiger partial charge in [0.1, 0.15) is 0 Å². The van der Waals surface area contributed by atoms with Crippen LogP contribution in [0.2, 0.25) is 0 Å². The molecule has 0 aliphatic heterocycles. The van der Waals surface area contributed by atoms with E-state index in [-0.39, 0.29) is 24.3 Å². The van der Waals surface area contributed by atoms with E-state index in [9.17, 15) is 4.79 Å². The van der Waals surface area contributed by atoms with E-state index in [0.29, 0.717) is 6.54 Å². The van der Waals surface area contributed by atoms with E-state index < -0.39 is 0 Å². The summed E-state index contributed by atoms with van der Waals surface area (Å²) in [7, 11) is 1.38. The molecule has 3 nitrogen and oxygen atoms in total. The van der Waals surface area contributed by atoms with E-state index in [1.807, 2.05) is 6.92 Å². The summed E-state index contributed by atoms with van der Waals surface area (Å²) in [5.41, 5.74) is 5.26. The van der Waals surface area contributed by atoms with Gasteiger partial charge in [-0.25, -0.2) is 0 Å². The largest absolute Gasteiger partial charge is 0.469 e. The third-order valence-electron chi connectivity index (χ3n) is 1.31. The zero-order valence-electron chi connectivity index (χ0n) is 6.29. The quantitative estimate of drug-likeness (QED) is 0.626. The standard InChI is InChI=1S/C6H13NO2.ClH/c1-3-5(4-7)6(8)9-2;/h5H,3-4,7H2,1-2H3;1H. The highest BCUT2D eigenvalue weighted by Gasteiger charge is 2.13. The second kappa shape index (κ2) is 6.83. The Morgan fingerprint density at radius 2 is 2.20 bits per heavy atom. The highest BCUT2D eigenvalue weighted by Crippen LogP contribution is 2.00. The van der Waals surface area contributed by atoms with Crippen LogP contribution in [0.3, 0.4) is 0 Å². The minimum absolute atomic E-state index is 0.